The van der Waals surface area contributed by atoms with Crippen LogP contribution in [0, 0.1) is 6.92 Å². The van der Waals surface area contributed by atoms with Crippen LogP contribution in [-0.4, -0.2) is 27.8 Å². The number of halogens is 2. The summed E-state index contributed by atoms with van der Waals surface area (Å²) in [7, 11) is 1.58. The van der Waals surface area contributed by atoms with Gasteiger partial charge in [0.2, 0.25) is 5.91 Å². The lowest BCUT2D eigenvalue weighted by Gasteiger charge is -2.15. The Bertz CT molecular complexity index is 1230. The van der Waals surface area contributed by atoms with E-state index >= 15 is 0 Å². The van der Waals surface area contributed by atoms with Gasteiger partial charge in [0.15, 0.2) is 11.4 Å². The molecular formula is C23H22F2N4O3. The van der Waals surface area contributed by atoms with Gasteiger partial charge in [-0.1, -0.05) is 12.1 Å². The molecule has 0 saturated carbocycles. The van der Waals surface area contributed by atoms with Crippen LogP contribution in [0.5, 0.6) is 5.75 Å². The lowest BCUT2D eigenvalue weighted by atomic mass is 10.1. The van der Waals surface area contributed by atoms with Crippen molar-refractivity contribution in [3.05, 3.63) is 65.5 Å². The van der Waals surface area contributed by atoms with Gasteiger partial charge in [0.1, 0.15) is 18.0 Å². The van der Waals surface area contributed by atoms with Crippen LogP contribution in [0.15, 0.2) is 53.1 Å². The van der Waals surface area contributed by atoms with E-state index in [1.807, 2.05) is 31.2 Å². The molecule has 0 bridgehead atoms. The maximum atomic E-state index is 13.8. The molecule has 1 atom stereocenters. The fraction of sp³-hybridized carbons (Fsp3) is 0.261. The van der Waals surface area contributed by atoms with Gasteiger partial charge in [0.25, 0.3) is 6.43 Å². The average Bonchev–Trinajstić information content (AvgIpc) is 3.42. The summed E-state index contributed by atoms with van der Waals surface area (Å²) < 4.78 is 39.4. The molecule has 32 heavy (non-hydrogen) atoms. The molecule has 0 aliphatic rings. The van der Waals surface area contributed by atoms with Gasteiger partial charge in [0, 0.05) is 5.56 Å². The third kappa shape index (κ3) is 4.18. The van der Waals surface area contributed by atoms with Crippen LogP contribution < -0.4 is 10.1 Å². The lowest BCUT2D eigenvalue weighted by molar-refractivity contribution is -0.122. The number of nitrogens with one attached hydrogen (secondary N) is 1. The number of benzene rings is 1. The number of aromatic nitrogens is 3. The van der Waals surface area contributed by atoms with Crippen molar-refractivity contribution in [2.75, 3.05) is 7.11 Å². The van der Waals surface area contributed by atoms with Crippen LogP contribution in [0.25, 0.3) is 22.5 Å². The quantitative estimate of drug-likeness (QED) is 0.445. The van der Waals surface area contributed by atoms with Crippen molar-refractivity contribution in [1.29, 1.82) is 0 Å². The van der Waals surface area contributed by atoms with Crippen LogP contribution >= 0.6 is 0 Å². The van der Waals surface area contributed by atoms with Crippen molar-refractivity contribution in [2.45, 2.75) is 32.9 Å². The molecule has 4 rings (SSSR count). The molecule has 166 valence electrons. The van der Waals surface area contributed by atoms with E-state index < -0.39 is 6.43 Å². The van der Waals surface area contributed by atoms with Gasteiger partial charge in [-0.3, -0.25) is 4.79 Å². The Kier molecular flexibility index (Phi) is 5.89. The van der Waals surface area contributed by atoms with Gasteiger partial charge in [-0.05, 0) is 49.7 Å². The molecule has 0 fully saturated rings. The number of pyridine rings is 1. The minimum absolute atomic E-state index is 0.165. The SMILES string of the molecule is COc1ccc(C(C)NC(=O)Cn2nc(C)c3c(C(F)F)cc(-c4ccco4)nc32)cc1. The number of ether oxygens (including phenoxy) is 1. The Morgan fingerprint density at radius 1 is 1.25 bits per heavy atom. The number of alkyl halides is 2. The highest BCUT2D eigenvalue weighted by Crippen LogP contribution is 2.33. The van der Waals surface area contributed by atoms with E-state index in [1.54, 1.807) is 26.2 Å². The number of rotatable bonds is 7. The molecule has 4 aromatic rings. The monoisotopic (exact) mass is 440 g/mol. The number of furan rings is 1. The topological polar surface area (TPSA) is 82.2 Å². The third-order valence-corrected chi connectivity index (χ3v) is 5.20. The Labute approximate surface area is 183 Å². The number of nitrogens with zero attached hydrogens (tertiary/aromatic N) is 3. The van der Waals surface area contributed by atoms with Crippen LogP contribution in [0.2, 0.25) is 0 Å². The Hall–Kier alpha value is -3.75. The van der Waals surface area contributed by atoms with E-state index in [1.165, 1.54) is 17.0 Å². The molecule has 1 amide bonds. The number of hydrogen-bond donors (Lipinski definition) is 1. The Balaban J connectivity index is 1.62. The number of carbonyl (C=O) groups is 1. The molecule has 9 heteroatoms. The molecule has 0 radical (unpaired) electrons. The van der Waals surface area contributed by atoms with Gasteiger partial charge in [-0.25, -0.2) is 18.4 Å². The lowest BCUT2D eigenvalue weighted by Crippen LogP contribution is -2.30. The maximum Gasteiger partial charge on any atom is 0.264 e. The Morgan fingerprint density at radius 3 is 2.62 bits per heavy atom. The van der Waals surface area contributed by atoms with Crippen molar-refractivity contribution in [3.8, 4) is 17.2 Å². The molecule has 1 N–H and O–H groups in total. The normalized spacial score (nSPS) is 12.3. The van der Waals surface area contributed by atoms with Crippen molar-refractivity contribution >= 4 is 16.9 Å². The first kappa shape index (κ1) is 21.5. The molecule has 1 aromatic carbocycles. The smallest absolute Gasteiger partial charge is 0.264 e. The summed E-state index contributed by atoms with van der Waals surface area (Å²) in [5, 5.41) is 7.45. The standard InChI is InChI=1S/C23H22F2N4O3/c1-13(15-6-8-16(31-3)9-7-15)26-20(30)12-29-23-21(14(2)28-29)17(22(24)25)11-18(27-23)19-5-4-10-32-19/h4-11,13,22H,12H2,1-3H3,(H,26,30). The first-order chi connectivity index (χ1) is 15.4. The second-order valence-corrected chi connectivity index (χ2v) is 7.38. The zero-order valence-electron chi connectivity index (χ0n) is 17.8. The molecule has 1 unspecified atom stereocenters. The van der Waals surface area contributed by atoms with Crippen molar-refractivity contribution < 1.29 is 22.7 Å². The molecule has 0 spiro atoms. The zero-order valence-corrected chi connectivity index (χ0v) is 17.8. The van der Waals surface area contributed by atoms with Crippen molar-refractivity contribution in [1.82, 2.24) is 20.1 Å². The van der Waals surface area contributed by atoms with E-state index in [2.05, 4.69) is 15.4 Å². The molecule has 3 aromatic heterocycles. The van der Waals surface area contributed by atoms with Gasteiger partial charge in [-0.15, -0.1) is 0 Å². The number of aryl methyl sites for hydroxylation is 1. The third-order valence-electron chi connectivity index (χ3n) is 5.20. The Morgan fingerprint density at radius 2 is 2.00 bits per heavy atom. The first-order valence-corrected chi connectivity index (χ1v) is 10.0. The maximum absolute atomic E-state index is 13.8. The highest BCUT2D eigenvalue weighted by Gasteiger charge is 2.23. The highest BCUT2D eigenvalue weighted by molar-refractivity contribution is 5.86. The second-order valence-electron chi connectivity index (χ2n) is 7.38. The number of amides is 1. The van der Waals surface area contributed by atoms with Crippen LogP contribution in [0.3, 0.4) is 0 Å². The zero-order chi connectivity index (χ0) is 22.8. The van der Waals surface area contributed by atoms with Crippen LogP contribution in [-0.2, 0) is 11.3 Å². The fourth-order valence-corrected chi connectivity index (χ4v) is 3.62. The molecule has 0 aliphatic heterocycles. The first-order valence-electron chi connectivity index (χ1n) is 10.0. The summed E-state index contributed by atoms with van der Waals surface area (Å²) >= 11 is 0. The van der Waals surface area contributed by atoms with Crippen LogP contribution in [0.4, 0.5) is 8.78 Å². The molecule has 0 saturated heterocycles. The number of methoxy groups -OCH3 is 1. The van der Waals surface area contributed by atoms with Crippen molar-refractivity contribution in [3.63, 3.8) is 0 Å². The summed E-state index contributed by atoms with van der Waals surface area (Å²) in [5.41, 5.74) is 1.55. The van der Waals surface area contributed by atoms with Gasteiger partial charge in [-0.2, -0.15) is 5.10 Å². The summed E-state index contributed by atoms with van der Waals surface area (Å²) in [6.07, 6.45) is -1.28. The molecule has 3 heterocycles. The van der Waals surface area contributed by atoms with Crippen LogP contribution in [0.1, 0.15) is 36.2 Å². The van der Waals surface area contributed by atoms with Gasteiger partial charge in [0.05, 0.1) is 30.5 Å². The number of fused-ring (bicyclic) bond motifs is 1. The van der Waals surface area contributed by atoms with E-state index in [-0.39, 0.29) is 40.8 Å². The fourth-order valence-electron chi connectivity index (χ4n) is 3.62. The number of carbonyl (C=O) groups excluding carboxylic acids is 1. The van der Waals surface area contributed by atoms with Gasteiger partial charge >= 0.3 is 0 Å². The molecule has 7 nitrogen and oxygen atoms in total. The predicted octanol–water partition coefficient (Wildman–Crippen LogP) is 4.82. The van der Waals surface area contributed by atoms with E-state index in [0.717, 1.165) is 11.3 Å². The summed E-state index contributed by atoms with van der Waals surface area (Å²) in [4.78, 5) is 17.2. The summed E-state index contributed by atoms with van der Waals surface area (Å²) in [6.45, 7) is 3.31. The number of hydrogen-bond acceptors (Lipinski definition) is 5. The van der Waals surface area contributed by atoms with E-state index in [0.29, 0.717) is 11.5 Å². The minimum atomic E-state index is -2.73. The largest absolute Gasteiger partial charge is 0.497 e. The van der Waals surface area contributed by atoms with E-state index in [4.69, 9.17) is 9.15 Å². The molecule has 0 aliphatic carbocycles. The highest BCUT2D eigenvalue weighted by atomic mass is 19.3. The van der Waals surface area contributed by atoms with Gasteiger partial charge < -0.3 is 14.5 Å². The van der Waals surface area contributed by atoms with E-state index in [9.17, 15) is 13.6 Å². The second kappa shape index (κ2) is 8.78. The summed E-state index contributed by atoms with van der Waals surface area (Å²) in [6, 6.07) is 11.7. The summed E-state index contributed by atoms with van der Waals surface area (Å²) in [5.74, 6) is 0.761. The van der Waals surface area contributed by atoms with Crippen molar-refractivity contribution in [2.24, 2.45) is 0 Å². The minimum Gasteiger partial charge on any atom is -0.497 e. The predicted molar refractivity (Wildman–Crippen MR) is 114 cm³/mol. The average molecular weight is 440 g/mol. The molecular weight excluding hydrogens is 418 g/mol.